The molecule has 0 aliphatic carbocycles. The summed E-state index contributed by atoms with van der Waals surface area (Å²) in [7, 11) is 1.26. The van der Waals surface area contributed by atoms with Gasteiger partial charge in [0, 0.05) is 0 Å². The van der Waals surface area contributed by atoms with Crippen LogP contribution in [0, 0.1) is 0 Å². The quantitative estimate of drug-likeness (QED) is 0.505. The van der Waals surface area contributed by atoms with E-state index in [0.717, 1.165) is 5.56 Å². The van der Waals surface area contributed by atoms with Crippen LogP contribution in [0.5, 0.6) is 0 Å². The van der Waals surface area contributed by atoms with Gasteiger partial charge in [0.1, 0.15) is 12.2 Å². The van der Waals surface area contributed by atoms with Crippen LogP contribution in [0.25, 0.3) is 6.08 Å². The van der Waals surface area contributed by atoms with Gasteiger partial charge in [-0.15, -0.1) is 0 Å². The molecule has 6 heteroatoms. The molecular formula is C13H12N2O3S. The number of methoxy groups -OCH3 is 1. The maximum absolute atomic E-state index is 12.1. The van der Waals surface area contributed by atoms with Crippen LogP contribution in [0.4, 0.5) is 0 Å². The smallest absolute Gasteiger partial charge is 0.325 e. The average molecular weight is 276 g/mol. The van der Waals surface area contributed by atoms with E-state index in [4.69, 9.17) is 12.2 Å². The van der Waals surface area contributed by atoms with Crippen LogP contribution in [0.1, 0.15) is 5.56 Å². The lowest BCUT2D eigenvalue weighted by Crippen LogP contribution is -2.35. The Kier molecular flexibility index (Phi) is 3.91. The zero-order valence-corrected chi connectivity index (χ0v) is 11.1. The van der Waals surface area contributed by atoms with E-state index in [2.05, 4.69) is 10.1 Å². The Balaban J connectivity index is 2.18. The van der Waals surface area contributed by atoms with E-state index in [0.29, 0.717) is 5.70 Å². The Hall–Kier alpha value is -2.21. The van der Waals surface area contributed by atoms with Crippen LogP contribution < -0.4 is 5.32 Å². The second kappa shape index (κ2) is 5.62. The number of thiocarbonyl (C=S) groups is 1. The van der Waals surface area contributed by atoms with Crippen LogP contribution in [0.15, 0.2) is 36.0 Å². The molecule has 1 aromatic rings. The standard InChI is InChI=1S/C13H12N2O3S/c1-18-11(16)8-15-12(17)10(14-13(15)19)7-9-5-3-2-4-6-9/h2-7H,8H2,1H3,(H,14,19)/b10-7-. The number of rotatable bonds is 3. The minimum atomic E-state index is -0.515. The summed E-state index contributed by atoms with van der Waals surface area (Å²) in [5, 5.41) is 3.00. The maximum atomic E-state index is 12.1. The van der Waals surface area contributed by atoms with Crippen molar-refractivity contribution < 1.29 is 14.3 Å². The number of hydrogen-bond acceptors (Lipinski definition) is 4. The number of nitrogens with zero attached hydrogens (tertiary/aromatic N) is 1. The van der Waals surface area contributed by atoms with Crippen LogP contribution >= 0.6 is 12.2 Å². The van der Waals surface area contributed by atoms with Crippen molar-refractivity contribution in [3.05, 3.63) is 41.6 Å². The van der Waals surface area contributed by atoms with Crippen molar-refractivity contribution in [2.24, 2.45) is 0 Å². The van der Waals surface area contributed by atoms with E-state index >= 15 is 0 Å². The second-order valence-electron chi connectivity index (χ2n) is 3.87. The number of amides is 1. The summed E-state index contributed by atoms with van der Waals surface area (Å²) >= 11 is 5.02. The highest BCUT2D eigenvalue weighted by atomic mass is 32.1. The zero-order chi connectivity index (χ0) is 13.8. The minimum absolute atomic E-state index is 0.187. The normalized spacial score (nSPS) is 16.7. The Morgan fingerprint density at radius 1 is 1.42 bits per heavy atom. The lowest BCUT2D eigenvalue weighted by Gasteiger charge is -2.11. The highest BCUT2D eigenvalue weighted by molar-refractivity contribution is 7.80. The number of carbonyl (C=O) groups is 2. The molecular weight excluding hydrogens is 264 g/mol. The molecule has 1 amide bonds. The van der Waals surface area contributed by atoms with E-state index in [1.165, 1.54) is 12.0 Å². The summed E-state index contributed by atoms with van der Waals surface area (Å²) in [6, 6.07) is 9.37. The number of ether oxygens (including phenoxy) is 1. The molecule has 1 saturated heterocycles. The number of hydrogen-bond donors (Lipinski definition) is 1. The van der Waals surface area contributed by atoms with Crippen molar-refractivity contribution in [2.75, 3.05) is 13.7 Å². The van der Waals surface area contributed by atoms with Gasteiger partial charge in [-0.2, -0.15) is 0 Å². The molecule has 0 saturated carbocycles. The highest BCUT2D eigenvalue weighted by Gasteiger charge is 2.32. The van der Waals surface area contributed by atoms with Crippen molar-refractivity contribution in [3.8, 4) is 0 Å². The highest BCUT2D eigenvalue weighted by Crippen LogP contribution is 2.13. The van der Waals surface area contributed by atoms with Gasteiger partial charge in [0.15, 0.2) is 5.11 Å². The van der Waals surface area contributed by atoms with E-state index in [1.807, 2.05) is 30.3 Å². The molecule has 5 nitrogen and oxygen atoms in total. The van der Waals surface area contributed by atoms with Crippen LogP contribution in [0.2, 0.25) is 0 Å². The van der Waals surface area contributed by atoms with Crippen LogP contribution in [-0.4, -0.2) is 35.5 Å². The molecule has 1 aliphatic rings. The van der Waals surface area contributed by atoms with E-state index in [9.17, 15) is 9.59 Å². The predicted molar refractivity (Wildman–Crippen MR) is 73.9 cm³/mol. The third-order valence-corrected chi connectivity index (χ3v) is 2.91. The third kappa shape index (κ3) is 2.97. The van der Waals surface area contributed by atoms with Gasteiger partial charge in [-0.3, -0.25) is 14.5 Å². The largest absolute Gasteiger partial charge is 0.468 e. The molecule has 1 N–H and O–H groups in total. The predicted octanol–water partition coefficient (Wildman–Crippen LogP) is 0.917. The van der Waals surface area contributed by atoms with E-state index in [1.54, 1.807) is 6.08 Å². The molecule has 1 aliphatic heterocycles. The second-order valence-corrected chi connectivity index (χ2v) is 4.25. The third-order valence-electron chi connectivity index (χ3n) is 2.59. The fourth-order valence-electron chi connectivity index (χ4n) is 1.62. The topological polar surface area (TPSA) is 58.6 Å². The monoisotopic (exact) mass is 276 g/mol. The molecule has 0 unspecified atom stereocenters. The summed E-state index contributed by atoms with van der Waals surface area (Å²) in [5.41, 5.74) is 1.22. The summed E-state index contributed by atoms with van der Waals surface area (Å²) in [4.78, 5) is 24.4. The van der Waals surface area contributed by atoms with Crippen LogP contribution in [0.3, 0.4) is 0 Å². The molecule has 0 radical (unpaired) electrons. The number of carbonyl (C=O) groups excluding carboxylic acids is 2. The number of esters is 1. The first-order valence-electron chi connectivity index (χ1n) is 5.58. The Labute approximate surface area is 115 Å². The van der Waals surface area contributed by atoms with Crippen molar-refractivity contribution in [2.45, 2.75) is 0 Å². The summed E-state index contributed by atoms with van der Waals surface area (Å²) in [6.07, 6.45) is 1.69. The summed E-state index contributed by atoms with van der Waals surface area (Å²) in [5.74, 6) is -0.849. The van der Waals surface area contributed by atoms with Crippen molar-refractivity contribution in [1.82, 2.24) is 10.2 Å². The van der Waals surface area contributed by atoms with Gasteiger partial charge in [0.25, 0.3) is 5.91 Å². The summed E-state index contributed by atoms with van der Waals surface area (Å²) in [6.45, 7) is -0.187. The molecule has 2 rings (SSSR count). The molecule has 98 valence electrons. The van der Waals surface area contributed by atoms with Crippen molar-refractivity contribution >= 4 is 35.3 Å². The van der Waals surface area contributed by atoms with Crippen molar-refractivity contribution in [1.29, 1.82) is 0 Å². The summed E-state index contributed by atoms with van der Waals surface area (Å²) < 4.78 is 4.52. The minimum Gasteiger partial charge on any atom is -0.468 e. The van der Waals surface area contributed by atoms with Gasteiger partial charge in [0.2, 0.25) is 0 Å². The fraction of sp³-hybridized carbons (Fsp3) is 0.154. The molecule has 1 aromatic carbocycles. The van der Waals surface area contributed by atoms with Gasteiger partial charge < -0.3 is 10.1 Å². The Morgan fingerprint density at radius 2 is 2.11 bits per heavy atom. The van der Waals surface area contributed by atoms with Crippen LogP contribution in [-0.2, 0) is 14.3 Å². The first-order chi connectivity index (χ1) is 9.11. The van der Waals surface area contributed by atoms with E-state index in [-0.39, 0.29) is 17.6 Å². The first kappa shape index (κ1) is 13.2. The molecule has 1 fully saturated rings. The molecule has 1 heterocycles. The molecule has 19 heavy (non-hydrogen) atoms. The van der Waals surface area contributed by atoms with Gasteiger partial charge in [-0.05, 0) is 23.9 Å². The average Bonchev–Trinajstić information content (AvgIpc) is 2.67. The van der Waals surface area contributed by atoms with E-state index < -0.39 is 5.97 Å². The Morgan fingerprint density at radius 3 is 2.74 bits per heavy atom. The lowest BCUT2D eigenvalue weighted by atomic mass is 10.2. The van der Waals surface area contributed by atoms with Crippen molar-refractivity contribution in [3.63, 3.8) is 0 Å². The maximum Gasteiger partial charge on any atom is 0.325 e. The number of nitrogens with one attached hydrogen (secondary N) is 1. The fourth-order valence-corrected chi connectivity index (χ4v) is 1.88. The SMILES string of the molecule is COC(=O)CN1C(=O)/C(=C/c2ccccc2)NC1=S. The van der Waals surface area contributed by atoms with Gasteiger partial charge >= 0.3 is 5.97 Å². The molecule has 0 spiro atoms. The molecule has 0 atom stereocenters. The molecule has 0 aromatic heterocycles. The van der Waals surface area contributed by atoms with Gasteiger partial charge in [0.05, 0.1) is 7.11 Å². The zero-order valence-electron chi connectivity index (χ0n) is 10.3. The first-order valence-corrected chi connectivity index (χ1v) is 5.99. The molecule has 0 bridgehead atoms. The van der Waals surface area contributed by atoms with Gasteiger partial charge in [-0.25, -0.2) is 0 Å². The lowest BCUT2D eigenvalue weighted by molar-refractivity contribution is -0.143. The Bertz CT molecular complexity index is 554. The van der Waals surface area contributed by atoms with Gasteiger partial charge in [-0.1, -0.05) is 30.3 Å². The number of benzene rings is 1.